The molecule has 180 valence electrons. The van der Waals surface area contributed by atoms with Gasteiger partial charge in [-0.05, 0) is 48.5 Å². The molecule has 0 unspecified atom stereocenters. The van der Waals surface area contributed by atoms with Crippen LogP contribution in [0.3, 0.4) is 0 Å². The Morgan fingerprint density at radius 1 is 1.14 bits per heavy atom. The van der Waals surface area contributed by atoms with Gasteiger partial charge in [-0.15, -0.1) is 28.1 Å². The van der Waals surface area contributed by atoms with Gasteiger partial charge in [0, 0.05) is 34.4 Å². The molecule has 13 heteroatoms. The van der Waals surface area contributed by atoms with Gasteiger partial charge in [-0.2, -0.15) is 0 Å². The van der Waals surface area contributed by atoms with Crippen molar-refractivity contribution in [1.82, 2.24) is 19.7 Å². The third-order valence-electron chi connectivity index (χ3n) is 4.57. The number of hydrogen-bond acceptors (Lipinski definition) is 8. The SMILES string of the molecule is C=CCn1c(SCC(=O)Nc2ccc(S(=O)(=O)Nc3nccs3)cc2)nnc1-c1ccc(Cl)cc1. The van der Waals surface area contributed by atoms with Crippen LogP contribution in [0.25, 0.3) is 11.4 Å². The van der Waals surface area contributed by atoms with Crippen LogP contribution < -0.4 is 10.0 Å². The maximum absolute atomic E-state index is 12.5. The fraction of sp³-hybridized carbons (Fsp3) is 0.0909. The molecule has 2 aromatic carbocycles. The number of thiazole rings is 1. The second-order valence-corrected chi connectivity index (χ2v) is 11.0. The number of anilines is 2. The molecule has 2 N–H and O–H groups in total. The van der Waals surface area contributed by atoms with Gasteiger partial charge < -0.3 is 5.32 Å². The first kappa shape index (κ1) is 24.9. The summed E-state index contributed by atoms with van der Waals surface area (Å²) in [4.78, 5) is 16.5. The van der Waals surface area contributed by atoms with E-state index in [1.165, 1.54) is 53.6 Å². The minimum Gasteiger partial charge on any atom is -0.325 e. The highest BCUT2D eigenvalue weighted by Crippen LogP contribution is 2.26. The van der Waals surface area contributed by atoms with Crippen molar-refractivity contribution in [1.29, 1.82) is 0 Å². The van der Waals surface area contributed by atoms with Crippen molar-refractivity contribution in [2.75, 3.05) is 15.8 Å². The molecule has 4 rings (SSSR count). The highest BCUT2D eigenvalue weighted by molar-refractivity contribution is 7.99. The van der Waals surface area contributed by atoms with E-state index in [9.17, 15) is 13.2 Å². The number of allylic oxidation sites excluding steroid dienone is 1. The Labute approximate surface area is 215 Å². The maximum atomic E-state index is 12.5. The van der Waals surface area contributed by atoms with Crippen LogP contribution in [0, 0.1) is 0 Å². The smallest absolute Gasteiger partial charge is 0.263 e. The minimum absolute atomic E-state index is 0.0623. The zero-order chi connectivity index (χ0) is 24.8. The molecule has 2 heterocycles. The van der Waals surface area contributed by atoms with Crippen LogP contribution >= 0.6 is 34.7 Å². The van der Waals surface area contributed by atoms with Gasteiger partial charge >= 0.3 is 0 Å². The molecule has 0 fully saturated rings. The third kappa shape index (κ3) is 6.28. The van der Waals surface area contributed by atoms with Crippen LogP contribution in [0.5, 0.6) is 0 Å². The Morgan fingerprint density at radius 2 is 1.89 bits per heavy atom. The van der Waals surface area contributed by atoms with Crippen LogP contribution in [0.1, 0.15) is 0 Å². The molecule has 35 heavy (non-hydrogen) atoms. The lowest BCUT2D eigenvalue weighted by atomic mass is 10.2. The standard InChI is InChI=1S/C22H19ClN6O3S3/c1-2-12-29-20(15-3-5-16(23)6-4-15)26-27-22(29)34-14-19(30)25-17-7-9-18(10-8-17)35(31,32)28-21-24-11-13-33-21/h2-11,13H,1,12,14H2,(H,24,28)(H,25,30). The van der Waals surface area contributed by atoms with Gasteiger partial charge in [0.15, 0.2) is 16.1 Å². The van der Waals surface area contributed by atoms with Crippen LogP contribution in [-0.2, 0) is 21.4 Å². The number of benzene rings is 2. The molecule has 1 amide bonds. The first-order valence-corrected chi connectivity index (χ1v) is 13.8. The summed E-state index contributed by atoms with van der Waals surface area (Å²) in [6.45, 7) is 4.26. The molecular weight excluding hydrogens is 528 g/mol. The quantitative estimate of drug-likeness (QED) is 0.217. The fourth-order valence-electron chi connectivity index (χ4n) is 2.99. The van der Waals surface area contributed by atoms with Gasteiger partial charge in [0.1, 0.15) is 0 Å². The lowest BCUT2D eigenvalue weighted by Gasteiger charge is -2.09. The summed E-state index contributed by atoms with van der Waals surface area (Å²) >= 11 is 8.39. The fourth-order valence-corrected chi connectivity index (χ4v) is 5.66. The Kier molecular flexibility index (Phi) is 7.86. The van der Waals surface area contributed by atoms with E-state index in [0.717, 1.165) is 5.56 Å². The molecule has 9 nitrogen and oxygen atoms in total. The van der Waals surface area contributed by atoms with E-state index in [0.29, 0.717) is 28.2 Å². The molecule has 0 aliphatic rings. The summed E-state index contributed by atoms with van der Waals surface area (Å²) in [6, 6.07) is 13.1. The number of halogens is 1. The number of carbonyl (C=O) groups is 1. The number of nitrogens with one attached hydrogen (secondary N) is 2. The lowest BCUT2D eigenvalue weighted by molar-refractivity contribution is -0.113. The summed E-state index contributed by atoms with van der Waals surface area (Å²) in [5.74, 6) is 0.460. The summed E-state index contributed by atoms with van der Waals surface area (Å²) in [7, 11) is -3.76. The van der Waals surface area contributed by atoms with Gasteiger partial charge in [0.2, 0.25) is 5.91 Å². The van der Waals surface area contributed by atoms with Gasteiger partial charge in [-0.3, -0.25) is 14.1 Å². The van der Waals surface area contributed by atoms with E-state index in [4.69, 9.17) is 11.6 Å². The molecule has 2 aromatic heterocycles. The van der Waals surface area contributed by atoms with Crippen LogP contribution in [0.2, 0.25) is 5.02 Å². The highest BCUT2D eigenvalue weighted by atomic mass is 35.5. The molecule has 0 aliphatic heterocycles. The van der Waals surface area contributed by atoms with Crippen molar-refractivity contribution in [3.63, 3.8) is 0 Å². The van der Waals surface area contributed by atoms with Crippen molar-refractivity contribution in [2.45, 2.75) is 16.6 Å². The van der Waals surface area contributed by atoms with E-state index in [-0.39, 0.29) is 21.7 Å². The lowest BCUT2D eigenvalue weighted by Crippen LogP contribution is -2.15. The average molecular weight is 547 g/mol. The largest absolute Gasteiger partial charge is 0.325 e. The second-order valence-electron chi connectivity index (χ2n) is 7.02. The number of rotatable bonds is 10. The molecule has 0 aliphatic carbocycles. The molecule has 0 saturated heterocycles. The number of nitrogens with zero attached hydrogens (tertiary/aromatic N) is 4. The molecule has 0 bridgehead atoms. The zero-order valence-corrected chi connectivity index (χ0v) is 21.3. The average Bonchev–Trinajstić information content (AvgIpc) is 3.49. The number of thioether (sulfide) groups is 1. The summed E-state index contributed by atoms with van der Waals surface area (Å²) in [5, 5.41) is 14.4. The van der Waals surface area contributed by atoms with Crippen molar-refractivity contribution >= 4 is 61.4 Å². The van der Waals surface area contributed by atoms with E-state index in [2.05, 4.69) is 31.8 Å². The number of aromatic nitrogens is 4. The van der Waals surface area contributed by atoms with Crippen molar-refractivity contribution in [3.05, 3.63) is 77.8 Å². The van der Waals surface area contributed by atoms with E-state index in [1.54, 1.807) is 23.6 Å². The molecule has 4 aromatic rings. The summed E-state index contributed by atoms with van der Waals surface area (Å²) in [5.41, 5.74) is 1.32. The monoisotopic (exact) mass is 546 g/mol. The number of carbonyl (C=O) groups excluding carboxylic acids is 1. The van der Waals surface area contributed by atoms with E-state index < -0.39 is 10.0 Å². The number of hydrogen-bond donors (Lipinski definition) is 2. The van der Waals surface area contributed by atoms with Crippen molar-refractivity contribution < 1.29 is 13.2 Å². The molecule has 0 saturated carbocycles. The summed E-state index contributed by atoms with van der Waals surface area (Å²) < 4.78 is 29.1. The first-order chi connectivity index (χ1) is 16.9. The number of amides is 1. The summed E-state index contributed by atoms with van der Waals surface area (Å²) in [6.07, 6.45) is 3.24. The molecule has 0 spiro atoms. The Balaban J connectivity index is 1.38. The highest BCUT2D eigenvalue weighted by Gasteiger charge is 2.17. The van der Waals surface area contributed by atoms with Crippen LogP contribution in [-0.4, -0.2) is 39.8 Å². The van der Waals surface area contributed by atoms with E-state index >= 15 is 0 Å². The minimum atomic E-state index is -3.76. The Morgan fingerprint density at radius 3 is 2.54 bits per heavy atom. The zero-order valence-electron chi connectivity index (χ0n) is 18.1. The molecule has 0 radical (unpaired) electrons. The van der Waals surface area contributed by atoms with Crippen LogP contribution in [0.4, 0.5) is 10.8 Å². The van der Waals surface area contributed by atoms with Crippen molar-refractivity contribution in [2.24, 2.45) is 0 Å². The van der Waals surface area contributed by atoms with Crippen molar-refractivity contribution in [3.8, 4) is 11.4 Å². The Bertz CT molecular complexity index is 1420. The number of sulfonamides is 1. The van der Waals surface area contributed by atoms with Gasteiger partial charge in [0.25, 0.3) is 10.0 Å². The molecular formula is C22H19ClN6O3S3. The van der Waals surface area contributed by atoms with Gasteiger partial charge in [-0.25, -0.2) is 13.4 Å². The Hall–Kier alpha value is -3.19. The first-order valence-electron chi connectivity index (χ1n) is 10.1. The molecule has 0 atom stereocenters. The van der Waals surface area contributed by atoms with Gasteiger partial charge in [-0.1, -0.05) is 29.4 Å². The second kappa shape index (κ2) is 11.0. The van der Waals surface area contributed by atoms with Crippen LogP contribution in [0.15, 0.2) is 82.8 Å². The topological polar surface area (TPSA) is 119 Å². The third-order valence-corrected chi connectivity index (χ3v) is 7.96. The normalized spacial score (nSPS) is 11.2. The van der Waals surface area contributed by atoms with Gasteiger partial charge in [0.05, 0.1) is 10.6 Å². The predicted octanol–water partition coefficient (Wildman–Crippen LogP) is 4.77. The maximum Gasteiger partial charge on any atom is 0.263 e. The predicted molar refractivity (Wildman–Crippen MR) is 139 cm³/mol. The van der Waals surface area contributed by atoms with E-state index in [1.807, 2.05) is 16.7 Å².